The van der Waals surface area contributed by atoms with Gasteiger partial charge in [-0.15, -0.1) is 0 Å². The van der Waals surface area contributed by atoms with Crippen LogP contribution in [0.5, 0.6) is 5.75 Å². The second-order valence-electron chi connectivity index (χ2n) is 5.65. The Kier molecular flexibility index (Phi) is 3.69. The third-order valence-electron chi connectivity index (χ3n) is 4.00. The molecule has 0 aliphatic heterocycles. The molecule has 0 saturated heterocycles. The molecule has 5 heteroatoms. The lowest BCUT2D eigenvalue weighted by Gasteiger charge is -2.32. The summed E-state index contributed by atoms with van der Waals surface area (Å²) in [6.07, 6.45) is 0.151. The highest BCUT2D eigenvalue weighted by molar-refractivity contribution is 5.95. The summed E-state index contributed by atoms with van der Waals surface area (Å²) < 4.78 is 5.94. The number of aliphatic hydroxyl groups excluding tert-OH is 2. The highest BCUT2D eigenvalue weighted by Crippen LogP contribution is 2.33. The van der Waals surface area contributed by atoms with Crippen LogP contribution in [0.25, 0.3) is 10.9 Å². The van der Waals surface area contributed by atoms with Gasteiger partial charge in [0, 0.05) is 11.4 Å². The molecule has 0 spiro atoms. The Hall–Kier alpha value is -1.85. The predicted octanol–water partition coefficient (Wildman–Crippen LogP) is 1.78. The fourth-order valence-electron chi connectivity index (χ4n) is 2.93. The van der Waals surface area contributed by atoms with Crippen LogP contribution in [0.4, 0.5) is 5.69 Å². The second kappa shape index (κ2) is 5.50. The van der Waals surface area contributed by atoms with Gasteiger partial charge < -0.3 is 20.7 Å². The molecule has 1 aliphatic rings. The fraction of sp³-hybridized carbons (Fsp3) is 0.438. The molecule has 3 atom stereocenters. The fourth-order valence-corrected chi connectivity index (χ4v) is 2.93. The Bertz CT molecular complexity index is 659. The van der Waals surface area contributed by atoms with Crippen LogP contribution in [0.15, 0.2) is 24.3 Å². The molecule has 0 amide bonds. The Balaban J connectivity index is 1.97. The van der Waals surface area contributed by atoms with E-state index in [0.717, 1.165) is 23.0 Å². The van der Waals surface area contributed by atoms with E-state index in [9.17, 15) is 10.2 Å². The van der Waals surface area contributed by atoms with Crippen LogP contribution in [-0.4, -0.2) is 33.5 Å². The number of hydrogen-bond acceptors (Lipinski definition) is 5. The quantitative estimate of drug-likeness (QED) is 0.784. The molecular formula is C16H20N2O3. The van der Waals surface area contributed by atoms with Crippen LogP contribution in [0.3, 0.4) is 0 Å². The number of fused-ring (bicyclic) bond motifs is 1. The molecule has 0 radical (unpaired) electrons. The largest absolute Gasteiger partial charge is 0.487 e. The molecule has 112 valence electrons. The van der Waals surface area contributed by atoms with Crippen molar-refractivity contribution in [2.75, 3.05) is 5.73 Å². The van der Waals surface area contributed by atoms with Crippen molar-refractivity contribution in [2.45, 2.75) is 44.5 Å². The number of benzene rings is 1. The minimum Gasteiger partial charge on any atom is -0.487 e. The predicted molar refractivity (Wildman–Crippen MR) is 81.2 cm³/mol. The van der Waals surface area contributed by atoms with Crippen molar-refractivity contribution in [1.82, 2.24) is 4.98 Å². The number of nitrogens with zero attached hydrogens (tertiary/aromatic N) is 1. The monoisotopic (exact) mass is 288 g/mol. The number of aromatic nitrogens is 1. The smallest absolute Gasteiger partial charge is 0.131 e. The number of nitrogen functional groups attached to an aromatic ring is 1. The van der Waals surface area contributed by atoms with Gasteiger partial charge in [-0.3, -0.25) is 4.98 Å². The van der Waals surface area contributed by atoms with Crippen molar-refractivity contribution in [3.8, 4) is 5.75 Å². The van der Waals surface area contributed by atoms with E-state index in [1.54, 1.807) is 6.07 Å². The zero-order chi connectivity index (χ0) is 15.0. The van der Waals surface area contributed by atoms with E-state index < -0.39 is 18.3 Å². The lowest BCUT2D eigenvalue weighted by atomic mass is 9.92. The van der Waals surface area contributed by atoms with Gasteiger partial charge in [0.05, 0.1) is 17.0 Å². The molecule has 1 aliphatic carbocycles. The zero-order valence-corrected chi connectivity index (χ0v) is 12.0. The van der Waals surface area contributed by atoms with Gasteiger partial charge in [0.1, 0.15) is 18.0 Å². The summed E-state index contributed by atoms with van der Waals surface area (Å²) in [6.45, 7) is 1.89. The molecule has 1 saturated carbocycles. The first-order chi connectivity index (χ1) is 10.1. The lowest BCUT2D eigenvalue weighted by Crippen LogP contribution is -2.44. The van der Waals surface area contributed by atoms with Crippen LogP contribution < -0.4 is 10.5 Å². The summed E-state index contributed by atoms with van der Waals surface area (Å²) in [5, 5.41) is 20.6. The molecule has 2 aromatic rings. The van der Waals surface area contributed by atoms with E-state index in [2.05, 4.69) is 4.98 Å². The highest BCUT2D eigenvalue weighted by Gasteiger charge is 2.32. The van der Waals surface area contributed by atoms with Gasteiger partial charge in [-0.25, -0.2) is 0 Å². The number of hydrogen-bond donors (Lipinski definition) is 3. The van der Waals surface area contributed by atoms with E-state index in [1.807, 2.05) is 25.1 Å². The van der Waals surface area contributed by atoms with Crippen molar-refractivity contribution >= 4 is 16.6 Å². The van der Waals surface area contributed by atoms with E-state index in [1.165, 1.54) is 0 Å². The number of ether oxygens (including phenoxy) is 1. The van der Waals surface area contributed by atoms with Gasteiger partial charge in [0.15, 0.2) is 0 Å². The van der Waals surface area contributed by atoms with Crippen molar-refractivity contribution < 1.29 is 14.9 Å². The minimum atomic E-state index is -0.867. The summed E-state index contributed by atoms with van der Waals surface area (Å²) in [5.74, 6) is 0.607. The first-order valence-corrected chi connectivity index (χ1v) is 7.25. The molecule has 1 heterocycles. The Morgan fingerprint density at radius 3 is 2.90 bits per heavy atom. The van der Waals surface area contributed by atoms with E-state index in [0.29, 0.717) is 24.3 Å². The van der Waals surface area contributed by atoms with E-state index in [-0.39, 0.29) is 0 Å². The normalized spacial score (nSPS) is 26.0. The topological polar surface area (TPSA) is 88.6 Å². The molecule has 1 aromatic heterocycles. The third-order valence-corrected chi connectivity index (χ3v) is 4.00. The molecule has 5 nitrogen and oxygen atoms in total. The molecule has 21 heavy (non-hydrogen) atoms. The second-order valence-corrected chi connectivity index (χ2v) is 5.65. The third kappa shape index (κ3) is 2.66. The summed E-state index contributed by atoms with van der Waals surface area (Å²) in [5.41, 5.74) is 8.33. The first-order valence-electron chi connectivity index (χ1n) is 7.25. The number of pyridine rings is 1. The molecule has 1 aromatic carbocycles. The lowest BCUT2D eigenvalue weighted by molar-refractivity contribution is -0.0741. The van der Waals surface area contributed by atoms with Crippen LogP contribution in [0, 0.1) is 6.92 Å². The van der Waals surface area contributed by atoms with Gasteiger partial charge in [0.2, 0.25) is 0 Å². The van der Waals surface area contributed by atoms with Crippen molar-refractivity contribution in [1.29, 1.82) is 0 Å². The van der Waals surface area contributed by atoms with Crippen molar-refractivity contribution in [2.24, 2.45) is 0 Å². The average Bonchev–Trinajstić information content (AvgIpc) is 2.43. The number of aryl methyl sites for hydroxylation is 1. The summed E-state index contributed by atoms with van der Waals surface area (Å²) in [6, 6.07) is 7.37. The molecular weight excluding hydrogens is 268 g/mol. The molecule has 0 bridgehead atoms. The Morgan fingerprint density at radius 2 is 2.10 bits per heavy atom. The maximum Gasteiger partial charge on any atom is 0.131 e. The van der Waals surface area contributed by atoms with Gasteiger partial charge in [0.25, 0.3) is 0 Å². The molecule has 3 rings (SSSR count). The van der Waals surface area contributed by atoms with Gasteiger partial charge in [-0.05, 0) is 44.4 Å². The minimum absolute atomic E-state index is 0.417. The van der Waals surface area contributed by atoms with E-state index >= 15 is 0 Å². The van der Waals surface area contributed by atoms with Crippen LogP contribution in [0.2, 0.25) is 0 Å². The summed E-state index contributed by atoms with van der Waals surface area (Å²) >= 11 is 0. The maximum absolute atomic E-state index is 10.1. The van der Waals surface area contributed by atoms with Crippen LogP contribution in [-0.2, 0) is 0 Å². The van der Waals surface area contributed by atoms with Gasteiger partial charge in [-0.1, -0.05) is 6.07 Å². The molecule has 1 fully saturated rings. The highest BCUT2D eigenvalue weighted by atomic mass is 16.5. The Labute approximate surface area is 123 Å². The molecule has 4 N–H and O–H groups in total. The number of aliphatic hydroxyl groups is 2. The SMILES string of the molecule is Cc1cc(N)c2c(OC3CCCC(O)C3O)cccc2n1. The van der Waals surface area contributed by atoms with Crippen molar-refractivity contribution in [3.63, 3.8) is 0 Å². The van der Waals surface area contributed by atoms with Crippen molar-refractivity contribution in [3.05, 3.63) is 30.0 Å². The maximum atomic E-state index is 10.1. The molecule has 3 unspecified atom stereocenters. The average molecular weight is 288 g/mol. The zero-order valence-electron chi connectivity index (χ0n) is 12.0. The standard InChI is InChI=1S/C16H20N2O3/c1-9-8-10(17)15-11(18-9)4-2-6-13(15)21-14-7-3-5-12(19)16(14)20/h2,4,6,8,12,14,16,19-20H,3,5,7H2,1H3,(H2,17,18). The first kappa shape index (κ1) is 14.1. The number of rotatable bonds is 2. The number of nitrogens with two attached hydrogens (primary N) is 1. The number of anilines is 1. The van der Waals surface area contributed by atoms with Crippen LogP contribution in [0.1, 0.15) is 25.0 Å². The van der Waals surface area contributed by atoms with Gasteiger partial charge >= 0.3 is 0 Å². The Morgan fingerprint density at radius 1 is 1.29 bits per heavy atom. The van der Waals surface area contributed by atoms with Crippen LogP contribution >= 0.6 is 0 Å². The summed E-state index contributed by atoms with van der Waals surface area (Å²) in [7, 11) is 0. The van der Waals surface area contributed by atoms with Gasteiger partial charge in [-0.2, -0.15) is 0 Å². The summed E-state index contributed by atoms with van der Waals surface area (Å²) in [4.78, 5) is 4.45. The van der Waals surface area contributed by atoms with E-state index in [4.69, 9.17) is 10.5 Å².